The summed E-state index contributed by atoms with van der Waals surface area (Å²) in [5.74, 6) is -2.45. The van der Waals surface area contributed by atoms with Crippen molar-refractivity contribution in [2.45, 2.75) is 12.8 Å². The van der Waals surface area contributed by atoms with Crippen molar-refractivity contribution in [2.24, 2.45) is 35.5 Å². The van der Waals surface area contributed by atoms with E-state index in [2.05, 4.69) is 0 Å². The van der Waals surface area contributed by atoms with E-state index in [0.717, 1.165) is 12.8 Å². The van der Waals surface area contributed by atoms with Crippen molar-refractivity contribution < 1.29 is 28.6 Å². The summed E-state index contributed by atoms with van der Waals surface area (Å²) in [6, 6.07) is 0. The highest BCUT2D eigenvalue weighted by molar-refractivity contribution is 5.97. The summed E-state index contributed by atoms with van der Waals surface area (Å²) in [4.78, 5) is 35.8. The van der Waals surface area contributed by atoms with Gasteiger partial charge in [-0.1, -0.05) is 0 Å². The van der Waals surface area contributed by atoms with E-state index in [1.54, 1.807) is 0 Å². The molecule has 2 bridgehead atoms. The van der Waals surface area contributed by atoms with E-state index >= 15 is 0 Å². The van der Waals surface area contributed by atoms with Crippen LogP contribution in [-0.2, 0) is 28.6 Å². The lowest BCUT2D eigenvalue weighted by molar-refractivity contribution is -0.165. The van der Waals surface area contributed by atoms with Gasteiger partial charge in [-0.15, -0.1) is 0 Å². The van der Waals surface area contributed by atoms with Gasteiger partial charge in [0.15, 0.2) is 6.79 Å². The number of carbonyl (C=O) groups excluding carboxylic acids is 3. The van der Waals surface area contributed by atoms with Gasteiger partial charge in [-0.3, -0.25) is 14.4 Å². The molecule has 5 fully saturated rings. The molecule has 0 aromatic heterocycles. The summed E-state index contributed by atoms with van der Waals surface area (Å²) < 4.78 is 15.1. The minimum atomic E-state index is -0.457. The van der Waals surface area contributed by atoms with E-state index in [0.29, 0.717) is 6.61 Å². The lowest BCUT2D eigenvalue weighted by Crippen LogP contribution is -2.55. The van der Waals surface area contributed by atoms with Gasteiger partial charge in [-0.2, -0.15) is 0 Å². The Balaban J connectivity index is 1.77. The highest BCUT2D eigenvalue weighted by atomic mass is 16.7. The van der Waals surface area contributed by atoms with Crippen LogP contribution in [0, 0.1) is 35.5 Å². The number of hydrogen-bond acceptors (Lipinski definition) is 6. The third-order valence-corrected chi connectivity index (χ3v) is 5.23. The van der Waals surface area contributed by atoms with Crippen molar-refractivity contribution in [1.29, 1.82) is 0 Å². The first-order valence-electron chi connectivity index (χ1n) is 6.68. The number of fused-ring (bicyclic) bond motifs is 1. The Hall–Kier alpha value is -1.43. The molecule has 102 valence electrons. The van der Waals surface area contributed by atoms with Gasteiger partial charge in [-0.25, -0.2) is 0 Å². The van der Waals surface area contributed by atoms with Crippen molar-refractivity contribution in [3.8, 4) is 0 Å². The topological polar surface area (TPSA) is 78.9 Å². The third kappa shape index (κ3) is 1.38. The van der Waals surface area contributed by atoms with Crippen LogP contribution in [0.15, 0.2) is 0 Å². The Bertz CT molecular complexity index is 472. The lowest BCUT2D eigenvalue weighted by Gasteiger charge is -2.50. The van der Waals surface area contributed by atoms with E-state index in [1.807, 2.05) is 0 Å². The van der Waals surface area contributed by atoms with E-state index in [1.165, 1.54) is 0 Å². The van der Waals surface area contributed by atoms with Crippen molar-refractivity contribution in [2.75, 3.05) is 13.4 Å². The number of esters is 3. The molecule has 3 saturated carbocycles. The maximum atomic E-state index is 12.1. The molecule has 3 aliphatic carbocycles. The molecule has 0 spiro atoms. The molecule has 6 nitrogen and oxygen atoms in total. The summed E-state index contributed by atoms with van der Waals surface area (Å²) in [5, 5.41) is 0. The van der Waals surface area contributed by atoms with E-state index in [-0.39, 0.29) is 42.4 Å². The standard InChI is InChI=1S/C13H14O6/c14-11-8-6-2-1-5(7(8)3-17-4-18-11)9-10(6)13(16)19-12(9)15/h5-10H,1-4H2. The summed E-state index contributed by atoms with van der Waals surface area (Å²) in [6.07, 6.45) is 1.64. The van der Waals surface area contributed by atoms with Crippen LogP contribution in [-0.4, -0.2) is 31.3 Å². The first-order valence-corrected chi connectivity index (χ1v) is 6.68. The maximum Gasteiger partial charge on any atom is 0.317 e. The molecule has 5 aliphatic rings. The Kier molecular flexibility index (Phi) is 2.27. The van der Waals surface area contributed by atoms with Gasteiger partial charge in [0.2, 0.25) is 0 Å². The molecule has 19 heavy (non-hydrogen) atoms. The molecule has 2 saturated heterocycles. The van der Waals surface area contributed by atoms with Gasteiger partial charge in [0, 0.05) is 0 Å². The molecule has 0 amide bonds. The van der Waals surface area contributed by atoms with Gasteiger partial charge < -0.3 is 14.2 Å². The molecular formula is C13H14O6. The Morgan fingerprint density at radius 2 is 1.47 bits per heavy atom. The van der Waals surface area contributed by atoms with Gasteiger partial charge in [0.05, 0.1) is 24.4 Å². The van der Waals surface area contributed by atoms with Crippen LogP contribution in [0.1, 0.15) is 12.8 Å². The van der Waals surface area contributed by atoms with Crippen LogP contribution in [0.25, 0.3) is 0 Å². The normalized spacial score (nSPS) is 48.1. The molecule has 5 rings (SSSR count). The van der Waals surface area contributed by atoms with Crippen molar-refractivity contribution in [3.05, 3.63) is 0 Å². The Labute approximate surface area is 109 Å². The molecule has 0 aromatic carbocycles. The molecule has 6 unspecified atom stereocenters. The minimum absolute atomic E-state index is 0.00426. The zero-order valence-corrected chi connectivity index (χ0v) is 10.2. The smallest absolute Gasteiger partial charge is 0.317 e. The predicted octanol–water partition coefficient (Wildman–Crippen LogP) is 0.105. The van der Waals surface area contributed by atoms with Crippen LogP contribution >= 0.6 is 0 Å². The second-order valence-electron chi connectivity index (χ2n) is 5.84. The zero-order valence-electron chi connectivity index (χ0n) is 10.2. The molecule has 2 aliphatic heterocycles. The number of cyclic esters (lactones) is 3. The highest BCUT2D eigenvalue weighted by Crippen LogP contribution is 2.58. The number of hydrogen-bond donors (Lipinski definition) is 0. The van der Waals surface area contributed by atoms with Crippen LogP contribution in [0.2, 0.25) is 0 Å². The average Bonchev–Trinajstić information content (AvgIpc) is 2.60. The third-order valence-electron chi connectivity index (χ3n) is 5.23. The minimum Gasteiger partial charge on any atom is -0.438 e. The van der Waals surface area contributed by atoms with Crippen molar-refractivity contribution in [1.82, 2.24) is 0 Å². The van der Waals surface area contributed by atoms with Gasteiger partial charge in [-0.05, 0) is 30.6 Å². The van der Waals surface area contributed by atoms with Gasteiger partial charge >= 0.3 is 17.9 Å². The van der Waals surface area contributed by atoms with E-state index in [4.69, 9.17) is 14.2 Å². The van der Waals surface area contributed by atoms with Crippen molar-refractivity contribution >= 4 is 17.9 Å². The molecule has 0 N–H and O–H groups in total. The fourth-order valence-electron chi connectivity index (χ4n) is 4.58. The Morgan fingerprint density at radius 3 is 2.26 bits per heavy atom. The second kappa shape index (κ2) is 3.79. The molecule has 6 atom stereocenters. The number of carbonyl (C=O) groups is 3. The van der Waals surface area contributed by atoms with E-state index in [9.17, 15) is 14.4 Å². The molecule has 2 heterocycles. The van der Waals surface area contributed by atoms with Crippen LogP contribution in [0.5, 0.6) is 0 Å². The first-order chi connectivity index (χ1) is 9.18. The summed E-state index contributed by atoms with van der Waals surface area (Å²) in [5.41, 5.74) is 0. The second-order valence-corrected chi connectivity index (χ2v) is 5.84. The quantitative estimate of drug-likeness (QED) is 0.457. The summed E-state index contributed by atoms with van der Waals surface area (Å²) in [7, 11) is 0. The molecule has 0 radical (unpaired) electrons. The summed E-state index contributed by atoms with van der Waals surface area (Å²) >= 11 is 0. The van der Waals surface area contributed by atoms with Crippen LogP contribution < -0.4 is 0 Å². The SMILES string of the molecule is O=C1OCOCC2C3CCC(C12)C1C(=O)OC(=O)C31. The highest BCUT2D eigenvalue weighted by Gasteiger charge is 2.65. The average molecular weight is 266 g/mol. The predicted molar refractivity (Wildman–Crippen MR) is 58.2 cm³/mol. The van der Waals surface area contributed by atoms with Gasteiger partial charge in [0.25, 0.3) is 0 Å². The number of ether oxygens (including phenoxy) is 3. The van der Waals surface area contributed by atoms with E-state index < -0.39 is 17.9 Å². The molecule has 6 heteroatoms. The molecule has 0 aromatic rings. The zero-order chi connectivity index (χ0) is 13.1. The Morgan fingerprint density at radius 1 is 0.789 bits per heavy atom. The maximum absolute atomic E-state index is 12.1. The van der Waals surface area contributed by atoms with Crippen LogP contribution in [0.4, 0.5) is 0 Å². The van der Waals surface area contributed by atoms with Crippen molar-refractivity contribution in [3.63, 3.8) is 0 Å². The van der Waals surface area contributed by atoms with Gasteiger partial charge in [0.1, 0.15) is 0 Å². The fraction of sp³-hybridized carbons (Fsp3) is 0.769. The largest absolute Gasteiger partial charge is 0.438 e. The fourth-order valence-corrected chi connectivity index (χ4v) is 4.58. The molecular weight excluding hydrogens is 252 g/mol. The lowest BCUT2D eigenvalue weighted by atomic mass is 9.51. The van der Waals surface area contributed by atoms with Crippen LogP contribution in [0.3, 0.4) is 0 Å². The monoisotopic (exact) mass is 266 g/mol. The summed E-state index contributed by atoms with van der Waals surface area (Å²) in [6.45, 7) is 0.390. The number of rotatable bonds is 0. The first kappa shape index (κ1) is 11.4.